The largest absolute Gasteiger partial charge is 0.493 e. The Hall–Kier alpha value is -1.62. The topological polar surface area (TPSA) is 18.5 Å². The fraction of sp³-hybridized carbons (Fsp3) is 0.467. The lowest BCUT2D eigenvalue weighted by molar-refractivity contribution is 0.294. The zero-order chi connectivity index (χ0) is 12.5. The maximum Gasteiger partial charge on any atom is 0.161 e. The van der Waals surface area contributed by atoms with Crippen LogP contribution in [0.1, 0.15) is 32.3 Å². The molecule has 0 aromatic heterocycles. The molecule has 0 unspecified atom stereocenters. The Bertz CT molecular complexity index is 399. The van der Waals surface area contributed by atoms with Crippen LogP contribution in [0.25, 0.3) is 0 Å². The molecular weight excluding hydrogens is 212 g/mol. The van der Waals surface area contributed by atoms with Gasteiger partial charge < -0.3 is 9.47 Å². The molecule has 1 aromatic rings. The van der Waals surface area contributed by atoms with Crippen molar-refractivity contribution in [2.24, 2.45) is 0 Å². The molecular formula is C15H20O2. The Morgan fingerprint density at radius 1 is 1.24 bits per heavy atom. The highest BCUT2D eigenvalue weighted by atomic mass is 16.5. The summed E-state index contributed by atoms with van der Waals surface area (Å²) >= 11 is 0. The zero-order valence-electron chi connectivity index (χ0n) is 10.9. The van der Waals surface area contributed by atoms with E-state index in [2.05, 4.69) is 24.8 Å². The van der Waals surface area contributed by atoms with Crippen molar-refractivity contribution in [3.05, 3.63) is 23.8 Å². The summed E-state index contributed by atoms with van der Waals surface area (Å²) in [7, 11) is 1.67. The van der Waals surface area contributed by atoms with Crippen LogP contribution >= 0.6 is 0 Å². The highest BCUT2D eigenvalue weighted by Gasteiger charge is 2.04. The number of aryl methyl sites for hydroxylation is 1. The summed E-state index contributed by atoms with van der Waals surface area (Å²) in [5.74, 6) is 7.59. The lowest BCUT2D eigenvalue weighted by atomic mass is 10.1. The van der Waals surface area contributed by atoms with Crippen LogP contribution in [0.3, 0.4) is 0 Å². The first-order valence-electron chi connectivity index (χ1n) is 6.01. The molecule has 0 atom stereocenters. The van der Waals surface area contributed by atoms with E-state index >= 15 is 0 Å². The van der Waals surface area contributed by atoms with Crippen molar-refractivity contribution >= 4 is 0 Å². The highest BCUT2D eigenvalue weighted by Crippen LogP contribution is 2.28. The average Bonchev–Trinajstić information content (AvgIpc) is 2.37. The smallest absolute Gasteiger partial charge is 0.161 e. The van der Waals surface area contributed by atoms with Gasteiger partial charge >= 0.3 is 0 Å². The van der Waals surface area contributed by atoms with E-state index in [4.69, 9.17) is 9.47 Å². The van der Waals surface area contributed by atoms with Gasteiger partial charge in [0.1, 0.15) is 0 Å². The summed E-state index contributed by atoms with van der Waals surface area (Å²) < 4.78 is 10.9. The van der Waals surface area contributed by atoms with Crippen molar-refractivity contribution in [2.75, 3.05) is 13.7 Å². The highest BCUT2D eigenvalue weighted by molar-refractivity contribution is 5.43. The second-order valence-corrected chi connectivity index (χ2v) is 3.76. The average molecular weight is 232 g/mol. The van der Waals surface area contributed by atoms with Crippen molar-refractivity contribution in [1.29, 1.82) is 0 Å². The van der Waals surface area contributed by atoms with E-state index in [0.717, 1.165) is 37.4 Å². The van der Waals surface area contributed by atoms with Gasteiger partial charge in [-0.2, -0.15) is 0 Å². The summed E-state index contributed by atoms with van der Waals surface area (Å²) in [6.07, 6.45) is 2.83. The molecule has 92 valence electrons. The molecule has 0 heterocycles. The fourth-order valence-corrected chi connectivity index (χ4v) is 1.53. The number of hydrogen-bond donors (Lipinski definition) is 0. The third-order valence-electron chi connectivity index (χ3n) is 2.41. The van der Waals surface area contributed by atoms with Crippen LogP contribution < -0.4 is 9.47 Å². The van der Waals surface area contributed by atoms with Crippen molar-refractivity contribution in [3.8, 4) is 23.3 Å². The van der Waals surface area contributed by atoms with E-state index in [0.29, 0.717) is 0 Å². The van der Waals surface area contributed by atoms with Crippen LogP contribution in [0.4, 0.5) is 0 Å². The molecule has 0 spiro atoms. The first-order valence-corrected chi connectivity index (χ1v) is 6.01. The third-order valence-corrected chi connectivity index (χ3v) is 2.41. The number of benzene rings is 1. The van der Waals surface area contributed by atoms with Gasteiger partial charge in [0.15, 0.2) is 11.5 Å². The van der Waals surface area contributed by atoms with Gasteiger partial charge in [-0.15, -0.1) is 11.8 Å². The van der Waals surface area contributed by atoms with Gasteiger partial charge in [0.25, 0.3) is 0 Å². The van der Waals surface area contributed by atoms with Crippen molar-refractivity contribution in [2.45, 2.75) is 33.1 Å². The van der Waals surface area contributed by atoms with Gasteiger partial charge in [-0.25, -0.2) is 0 Å². The van der Waals surface area contributed by atoms with Crippen LogP contribution in [0.15, 0.2) is 18.2 Å². The quantitative estimate of drug-likeness (QED) is 0.699. The van der Waals surface area contributed by atoms with Crippen molar-refractivity contribution in [1.82, 2.24) is 0 Å². The summed E-state index contributed by atoms with van der Waals surface area (Å²) in [6.45, 7) is 4.67. The van der Waals surface area contributed by atoms with E-state index in [1.807, 2.05) is 19.1 Å². The van der Waals surface area contributed by atoms with E-state index in [1.165, 1.54) is 5.56 Å². The first kappa shape index (κ1) is 13.4. The van der Waals surface area contributed by atoms with Gasteiger partial charge in [0.2, 0.25) is 0 Å². The number of ether oxygens (including phenoxy) is 2. The Kier molecular flexibility index (Phi) is 6.03. The van der Waals surface area contributed by atoms with E-state index in [1.54, 1.807) is 7.11 Å². The molecule has 0 saturated heterocycles. The summed E-state index contributed by atoms with van der Waals surface area (Å²) in [6, 6.07) is 6.08. The zero-order valence-corrected chi connectivity index (χ0v) is 10.9. The molecule has 2 heteroatoms. The van der Waals surface area contributed by atoms with Crippen LogP contribution in [-0.4, -0.2) is 13.7 Å². The maximum absolute atomic E-state index is 5.60. The molecule has 0 radical (unpaired) electrons. The molecule has 0 saturated carbocycles. The lowest BCUT2D eigenvalue weighted by Gasteiger charge is -2.11. The molecule has 0 aliphatic carbocycles. The molecule has 17 heavy (non-hydrogen) atoms. The van der Waals surface area contributed by atoms with Crippen LogP contribution in [0, 0.1) is 11.8 Å². The van der Waals surface area contributed by atoms with E-state index < -0.39 is 0 Å². The summed E-state index contributed by atoms with van der Waals surface area (Å²) in [5.41, 5.74) is 1.23. The molecule has 0 N–H and O–H groups in total. The molecule has 0 aliphatic heterocycles. The molecule has 1 rings (SSSR count). The van der Waals surface area contributed by atoms with E-state index in [-0.39, 0.29) is 0 Å². The van der Waals surface area contributed by atoms with Crippen LogP contribution in [-0.2, 0) is 6.42 Å². The molecule has 0 fully saturated rings. The molecule has 2 nitrogen and oxygen atoms in total. The Morgan fingerprint density at radius 2 is 2.06 bits per heavy atom. The van der Waals surface area contributed by atoms with Crippen LogP contribution in [0.2, 0.25) is 0 Å². The minimum Gasteiger partial charge on any atom is -0.493 e. The van der Waals surface area contributed by atoms with Crippen molar-refractivity contribution in [3.63, 3.8) is 0 Å². The molecule has 1 aromatic carbocycles. The predicted octanol–water partition coefficient (Wildman–Crippen LogP) is 3.44. The third kappa shape index (κ3) is 4.40. The molecule has 0 aliphatic rings. The number of rotatable bonds is 6. The lowest BCUT2D eigenvalue weighted by Crippen LogP contribution is -1.98. The van der Waals surface area contributed by atoms with Gasteiger partial charge in [-0.1, -0.05) is 13.0 Å². The summed E-state index contributed by atoms with van der Waals surface area (Å²) in [5, 5.41) is 0. The second-order valence-electron chi connectivity index (χ2n) is 3.76. The van der Waals surface area contributed by atoms with Gasteiger partial charge in [-0.05, 0) is 37.5 Å². The number of methoxy groups -OCH3 is 1. The minimum atomic E-state index is 0.719. The molecule has 0 amide bonds. The second kappa shape index (κ2) is 7.62. The van der Waals surface area contributed by atoms with Crippen LogP contribution in [0.5, 0.6) is 11.5 Å². The number of hydrogen-bond acceptors (Lipinski definition) is 2. The standard InChI is InChI=1S/C15H20O2/c1-4-6-7-8-13-9-10-14(17-11-5-2)15(12-13)16-3/h9-10,12H,5,7-8,11H2,1-3H3. The van der Waals surface area contributed by atoms with Gasteiger partial charge in [0.05, 0.1) is 13.7 Å². The molecule has 0 bridgehead atoms. The SMILES string of the molecule is CC#CCCc1ccc(OCCC)c(OC)c1. The normalized spacial score (nSPS) is 9.35. The Labute approximate surface area is 104 Å². The predicted molar refractivity (Wildman–Crippen MR) is 70.6 cm³/mol. The van der Waals surface area contributed by atoms with Gasteiger partial charge in [0, 0.05) is 6.42 Å². The first-order chi connectivity index (χ1) is 8.31. The van der Waals surface area contributed by atoms with Gasteiger partial charge in [-0.3, -0.25) is 0 Å². The van der Waals surface area contributed by atoms with E-state index in [9.17, 15) is 0 Å². The monoisotopic (exact) mass is 232 g/mol. The fourth-order valence-electron chi connectivity index (χ4n) is 1.53. The Balaban J connectivity index is 2.72. The maximum atomic E-state index is 5.60. The minimum absolute atomic E-state index is 0.719. The van der Waals surface area contributed by atoms with Crippen molar-refractivity contribution < 1.29 is 9.47 Å². The summed E-state index contributed by atoms with van der Waals surface area (Å²) in [4.78, 5) is 0. The Morgan fingerprint density at radius 3 is 2.71 bits per heavy atom.